The Bertz CT molecular complexity index is 2320. The summed E-state index contributed by atoms with van der Waals surface area (Å²) in [5.41, 5.74) is 2.53. The van der Waals surface area contributed by atoms with Crippen molar-refractivity contribution < 1.29 is 32.7 Å². The van der Waals surface area contributed by atoms with Crippen molar-refractivity contribution in [3.8, 4) is 0 Å². The number of nitrogens with zero attached hydrogens (tertiary/aromatic N) is 8. The molecule has 4 saturated heterocycles. The highest BCUT2D eigenvalue weighted by molar-refractivity contribution is 6.08. The molecule has 1 saturated carbocycles. The summed E-state index contributed by atoms with van der Waals surface area (Å²) in [5.74, 6) is 0.279. The van der Waals surface area contributed by atoms with Gasteiger partial charge in [0.05, 0.1) is 36.7 Å². The van der Waals surface area contributed by atoms with E-state index in [1.165, 1.54) is 10.7 Å². The molecule has 8 heterocycles. The van der Waals surface area contributed by atoms with Crippen LogP contribution in [0.25, 0.3) is 5.65 Å². The third-order valence-corrected chi connectivity index (χ3v) is 13.6. The van der Waals surface area contributed by atoms with Crippen molar-refractivity contribution >= 4 is 46.5 Å². The summed E-state index contributed by atoms with van der Waals surface area (Å²) >= 11 is 0. The number of halogens is 2. The van der Waals surface area contributed by atoms with Crippen molar-refractivity contribution in [3.05, 3.63) is 65.2 Å². The number of aromatic nitrogens is 5. The van der Waals surface area contributed by atoms with Gasteiger partial charge in [-0.15, -0.1) is 0 Å². The Morgan fingerprint density at radius 1 is 0.967 bits per heavy atom. The van der Waals surface area contributed by atoms with Crippen molar-refractivity contribution in [2.75, 3.05) is 54.9 Å². The van der Waals surface area contributed by atoms with Crippen LogP contribution in [0.5, 0.6) is 0 Å². The number of benzene rings is 1. The number of piperidine rings is 2. The fourth-order valence-electron chi connectivity index (χ4n) is 10.2. The van der Waals surface area contributed by atoms with E-state index in [2.05, 4.69) is 35.9 Å². The van der Waals surface area contributed by atoms with E-state index in [1.807, 2.05) is 18.2 Å². The van der Waals surface area contributed by atoms with E-state index in [0.717, 1.165) is 94.7 Å². The number of amides is 4. The van der Waals surface area contributed by atoms with Crippen LogP contribution in [0.2, 0.25) is 0 Å². The highest BCUT2D eigenvalue weighted by atomic mass is 19.3. The molecule has 16 nitrogen and oxygen atoms in total. The molecule has 5 aliphatic heterocycles. The zero-order valence-corrected chi connectivity index (χ0v) is 33.3. The van der Waals surface area contributed by atoms with Crippen LogP contribution < -0.4 is 20.9 Å². The topological polar surface area (TPSA) is 171 Å². The summed E-state index contributed by atoms with van der Waals surface area (Å²) in [6.07, 6.45) is 9.22. The minimum Gasteiger partial charge on any atom is -0.384 e. The molecule has 18 heteroatoms. The minimum atomic E-state index is -2.86. The third kappa shape index (κ3) is 7.37. The van der Waals surface area contributed by atoms with Crippen LogP contribution in [-0.4, -0.2) is 115 Å². The molecule has 10 rings (SSSR count). The average molecular weight is 826 g/mol. The van der Waals surface area contributed by atoms with Crippen LogP contribution in [0.4, 0.5) is 26.0 Å². The summed E-state index contributed by atoms with van der Waals surface area (Å²) in [7, 11) is 0. The van der Waals surface area contributed by atoms with Crippen LogP contribution in [0.3, 0.4) is 0 Å². The van der Waals surface area contributed by atoms with Gasteiger partial charge in [0.25, 0.3) is 18.2 Å². The molecular weight excluding hydrogens is 777 g/mol. The molecule has 0 radical (unpaired) electrons. The highest BCUT2D eigenvalue weighted by Gasteiger charge is 2.41. The summed E-state index contributed by atoms with van der Waals surface area (Å²) in [5, 5.41) is 17.2. The first kappa shape index (κ1) is 38.7. The van der Waals surface area contributed by atoms with Crippen LogP contribution in [0.1, 0.15) is 102 Å². The lowest BCUT2D eigenvalue weighted by Crippen LogP contribution is -2.52. The van der Waals surface area contributed by atoms with Gasteiger partial charge in [0.15, 0.2) is 11.3 Å². The Labute approximate surface area is 345 Å². The molecule has 1 aromatic carbocycles. The molecule has 5 fully saturated rings. The summed E-state index contributed by atoms with van der Waals surface area (Å²) < 4.78 is 37.4. The maximum Gasteiger partial charge on any atom is 0.284 e. The molecule has 2 bridgehead atoms. The van der Waals surface area contributed by atoms with Crippen LogP contribution in [0, 0.1) is 11.8 Å². The first-order valence-corrected chi connectivity index (χ1v) is 21.3. The summed E-state index contributed by atoms with van der Waals surface area (Å²) in [6.45, 7) is 5.52. The summed E-state index contributed by atoms with van der Waals surface area (Å²) in [4.78, 5) is 62.0. The van der Waals surface area contributed by atoms with E-state index in [4.69, 9.17) is 9.72 Å². The average Bonchev–Trinajstić information content (AvgIpc) is 4.10. The van der Waals surface area contributed by atoms with Gasteiger partial charge in [-0.1, -0.05) is 6.07 Å². The summed E-state index contributed by atoms with van der Waals surface area (Å²) in [6, 6.07) is 7.10. The molecular formula is C42H49F2N11O5. The van der Waals surface area contributed by atoms with Gasteiger partial charge in [-0.05, 0) is 94.5 Å². The van der Waals surface area contributed by atoms with Gasteiger partial charge in [-0.3, -0.25) is 29.2 Å². The Morgan fingerprint density at radius 3 is 2.55 bits per heavy atom. The number of likely N-dealkylation sites (tertiary alicyclic amines) is 1. The normalized spacial score (nSPS) is 26.1. The molecule has 60 heavy (non-hydrogen) atoms. The SMILES string of the molecule is O=C1CCC(N2Cc3c(NCC4CCN(CC5CCC(n6cc(NC(=O)c7cnn8ccc(N9C[C@H]%10C[C@@H]9CO%10)nc78)c(C(F)F)n6)CC5)CC4)cccc3C2=O)C(=O)N1. The van der Waals surface area contributed by atoms with E-state index >= 15 is 0 Å². The number of hydrogen-bond acceptors (Lipinski definition) is 11. The van der Waals surface area contributed by atoms with Gasteiger partial charge in [-0.25, -0.2) is 18.3 Å². The van der Waals surface area contributed by atoms with Crippen LogP contribution in [-0.2, 0) is 20.9 Å². The standard InChI is InChI=1S/C42H49F2N11O5/c43-38(44)37-33(47-40(57)30-18-46-54-15-12-35(48-39(30)54)52-20-28-16-27(52)23-60-28)22-55(50-37)26-6-4-25(5-7-26)19-51-13-10-24(11-14-51)17-45-32-3-1-2-29-31(32)21-53(42(29)59)34-8-9-36(56)49-41(34)58/h1-3,12,15,18,22,24-28,34,38,45H,4-11,13-14,16-17,19-21,23H2,(H,47,57)(H,49,56,58)/t25?,26?,27-,28-,34?/m1/s1. The Hall–Kier alpha value is -5.49. The van der Waals surface area contributed by atoms with Gasteiger partial charge in [-0.2, -0.15) is 10.2 Å². The van der Waals surface area contributed by atoms with Crippen LogP contribution >= 0.6 is 0 Å². The van der Waals surface area contributed by atoms with Crippen molar-refractivity contribution in [2.24, 2.45) is 11.8 Å². The number of anilines is 3. The number of morpholine rings is 1. The number of alkyl halides is 2. The second-order valence-corrected chi connectivity index (χ2v) is 17.3. The molecule has 3 N–H and O–H groups in total. The Balaban J connectivity index is 0.701. The van der Waals surface area contributed by atoms with E-state index in [9.17, 15) is 28.0 Å². The zero-order valence-electron chi connectivity index (χ0n) is 33.3. The molecule has 316 valence electrons. The maximum atomic E-state index is 14.3. The van der Waals surface area contributed by atoms with Gasteiger partial charge in [0.1, 0.15) is 17.4 Å². The fraction of sp³-hybridized carbons (Fsp3) is 0.548. The monoisotopic (exact) mass is 825 g/mol. The lowest BCUT2D eigenvalue weighted by molar-refractivity contribution is -0.136. The number of rotatable bonds is 11. The highest BCUT2D eigenvalue weighted by Crippen LogP contribution is 2.37. The number of carbonyl (C=O) groups is 4. The maximum absolute atomic E-state index is 14.3. The number of ether oxygens (including phenoxy) is 1. The fourth-order valence-corrected chi connectivity index (χ4v) is 10.2. The Kier molecular flexibility index (Phi) is 10.2. The van der Waals surface area contributed by atoms with Crippen molar-refractivity contribution in [1.29, 1.82) is 0 Å². The number of imide groups is 1. The zero-order chi connectivity index (χ0) is 41.1. The lowest BCUT2D eigenvalue weighted by atomic mass is 9.85. The molecule has 3 atom stereocenters. The molecule has 4 aromatic rings. The van der Waals surface area contributed by atoms with Gasteiger partial charge in [0.2, 0.25) is 11.8 Å². The van der Waals surface area contributed by atoms with Crippen molar-refractivity contribution in [1.82, 2.24) is 39.5 Å². The first-order valence-electron chi connectivity index (χ1n) is 21.3. The Morgan fingerprint density at radius 2 is 1.80 bits per heavy atom. The molecule has 3 aromatic heterocycles. The number of carbonyl (C=O) groups excluding carboxylic acids is 4. The molecule has 6 aliphatic rings. The van der Waals surface area contributed by atoms with E-state index < -0.39 is 30.0 Å². The van der Waals surface area contributed by atoms with Gasteiger partial charge < -0.3 is 30.1 Å². The molecule has 1 aliphatic carbocycles. The first-order chi connectivity index (χ1) is 29.1. The van der Waals surface area contributed by atoms with E-state index in [-0.39, 0.29) is 47.7 Å². The smallest absolute Gasteiger partial charge is 0.284 e. The van der Waals surface area contributed by atoms with Crippen molar-refractivity contribution in [3.63, 3.8) is 0 Å². The van der Waals surface area contributed by atoms with Crippen LogP contribution in [0.15, 0.2) is 42.9 Å². The quantitative estimate of drug-likeness (QED) is 0.183. The second-order valence-electron chi connectivity index (χ2n) is 17.3. The van der Waals surface area contributed by atoms with E-state index in [1.54, 1.807) is 28.0 Å². The molecule has 1 unspecified atom stereocenters. The predicted octanol–water partition coefficient (Wildman–Crippen LogP) is 4.41. The van der Waals surface area contributed by atoms with E-state index in [0.29, 0.717) is 42.6 Å². The number of fused-ring (bicyclic) bond motifs is 4. The lowest BCUT2D eigenvalue weighted by Gasteiger charge is -2.36. The van der Waals surface area contributed by atoms with Gasteiger partial charge >= 0.3 is 0 Å². The second kappa shape index (κ2) is 15.8. The van der Waals surface area contributed by atoms with Crippen molar-refractivity contribution in [2.45, 2.75) is 95.0 Å². The predicted molar refractivity (Wildman–Crippen MR) is 215 cm³/mol. The number of hydrogen-bond donors (Lipinski definition) is 3. The third-order valence-electron chi connectivity index (χ3n) is 13.6. The largest absolute Gasteiger partial charge is 0.384 e. The van der Waals surface area contributed by atoms with Gasteiger partial charge in [0, 0.05) is 61.8 Å². The number of nitrogens with one attached hydrogen (secondary N) is 3. The molecule has 0 spiro atoms. The molecule has 4 amide bonds. The minimum absolute atomic E-state index is 0.00155.